The van der Waals surface area contributed by atoms with Gasteiger partial charge in [-0.25, -0.2) is 4.79 Å². The molecule has 0 atom stereocenters. The molecule has 0 spiro atoms. The summed E-state index contributed by atoms with van der Waals surface area (Å²) in [5.74, 6) is -0.582. The summed E-state index contributed by atoms with van der Waals surface area (Å²) >= 11 is 1.13. The molecule has 0 fully saturated rings. The van der Waals surface area contributed by atoms with Gasteiger partial charge in [0.2, 0.25) is 0 Å². The quantitative estimate of drug-likeness (QED) is 0.657. The summed E-state index contributed by atoms with van der Waals surface area (Å²) < 4.78 is 4.61. The van der Waals surface area contributed by atoms with E-state index in [2.05, 4.69) is 15.0 Å². The Bertz CT molecular complexity index is 610. The van der Waals surface area contributed by atoms with Gasteiger partial charge >= 0.3 is 5.97 Å². The van der Waals surface area contributed by atoms with Crippen molar-refractivity contribution in [1.82, 2.24) is 10.3 Å². The second-order valence-electron chi connectivity index (χ2n) is 4.37. The van der Waals surface area contributed by atoms with Crippen LogP contribution in [-0.4, -0.2) is 30.5 Å². The highest BCUT2D eigenvalue weighted by atomic mass is 32.1. The lowest BCUT2D eigenvalue weighted by molar-refractivity contribution is 0.0606. The highest BCUT2D eigenvalue weighted by molar-refractivity contribution is 7.15. The minimum atomic E-state index is -0.420. The van der Waals surface area contributed by atoms with Crippen LogP contribution in [0.15, 0.2) is 36.7 Å². The summed E-state index contributed by atoms with van der Waals surface area (Å²) in [6.45, 7) is 0.590. The Morgan fingerprint density at radius 3 is 2.62 bits per heavy atom. The van der Waals surface area contributed by atoms with Crippen molar-refractivity contribution in [2.45, 2.75) is 12.8 Å². The van der Waals surface area contributed by atoms with Gasteiger partial charge in [0.05, 0.1) is 12.0 Å². The maximum atomic E-state index is 11.9. The van der Waals surface area contributed by atoms with Gasteiger partial charge in [-0.3, -0.25) is 9.78 Å². The number of hydrogen-bond acceptors (Lipinski definition) is 5. The molecule has 0 aliphatic carbocycles. The fourth-order valence-electron chi connectivity index (χ4n) is 1.80. The Kier molecular flexibility index (Phi) is 5.45. The normalized spacial score (nSPS) is 10.1. The molecule has 0 aliphatic heterocycles. The van der Waals surface area contributed by atoms with Gasteiger partial charge in [-0.1, -0.05) is 0 Å². The monoisotopic (exact) mass is 304 g/mol. The van der Waals surface area contributed by atoms with Crippen molar-refractivity contribution >= 4 is 23.2 Å². The molecular formula is C15H16N2O3S. The number of amides is 1. The van der Waals surface area contributed by atoms with Crippen LogP contribution in [0.5, 0.6) is 0 Å². The minimum Gasteiger partial charge on any atom is -0.465 e. The van der Waals surface area contributed by atoms with Crippen molar-refractivity contribution in [2.24, 2.45) is 0 Å². The van der Waals surface area contributed by atoms with Gasteiger partial charge in [-0.15, -0.1) is 11.3 Å². The predicted octanol–water partition coefficient (Wildman–Crippen LogP) is 2.29. The molecule has 21 heavy (non-hydrogen) atoms. The first-order valence-corrected chi connectivity index (χ1v) is 7.37. The van der Waals surface area contributed by atoms with Crippen LogP contribution in [0.25, 0.3) is 0 Å². The largest absolute Gasteiger partial charge is 0.465 e. The molecule has 0 saturated heterocycles. The summed E-state index contributed by atoms with van der Waals surface area (Å²) in [4.78, 5) is 28.1. The van der Waals surface area contributed by atoms with Gasteiger partial charge in [0.1, 0.15) is 4.88 Å². The summed E-state index contributed by atoms with van der Waals surface area (Å²) in [6.07, 6.45) is 5.26. The number of rotatable bonds is 6. The SMILES string of the molecule is COC(=O)c1ccc(C(=O)NCCCc2ccncc2)s1. The number of nitrogens with zero attached hydrogens (tertiary/aromatic N) is 1. The van der Waals surface area contributed by atoms with Gasteiger partial charge in [0, 0.05) is 18.9 Å². The lowest BCUT2D eigenvalue weighted by Crippen LogP contribution is -2.23. The number of aromatic nitrogens is 1. The van der Waals surface area contributed by atoms with Crippen molar-refractivity contribution < 1.29 is 14.3 Å². The molecule has 0 aromatic carbocycles. The fourth-order valence-corrected chi connectivity index (χ4v) is 2.64. The number of hydrogen-bond donors (Lipinski definition) is 1. The summed E-state index contributed by atoms with van der Waals surface area (Å²) in [7, 11) is 1.32. The third-order valence-corrected chi connectivity index (χ3v) is 3.96. The molecule has 5 nitrogen and oxygen atoms in total. The van der Waals surface area contributed by atoms with Crippen molar-refractivity contribution in [3.05, 3.63) is 52.0 Å². The first kappa shape index (κ1) is 15.2. The van der Waals surface area contributed by atoms with Crippen molar-refractivity contribution in [2.75, 3.05) is 13.7 Å². The van der Waals surface area contributed by atoms with E-state index in [9.17, 15) is 9.59 Å². The number of methoxy groups -OCH3 is 1. The molecule has 0 radical (unpaired) electrons. The molecule has 0 aliphatic rings. The lowest BCUT2D eigenvalue weighted by atomic mass is 10.1. The second-order valence-corrected chi connectivity index (χ2v) is 5.45. The predicted molar refractivity (Wildman–Crippen MR) is 80.5 cm³/mol. The number of carbonyl (C=O) groups is 2. The first-order chi connectivity index (χ1) is 10.2. The van der Waals surface area contributed by atoms with Crippen LogP contribution in [0, 0.1) is 0 Å². The zero-order valence-corrected chi connectivity index (χ0v) is 12.5. The number of pyridine rings is 1. The first-order valence-electron chi connectivity index (χ1n) is 6.56. The molecule has 1 N–H and O–H groups in total. The molecule has 2 rings (SSSR count). The number of ether oxygens (including phenoxy) is 1. The highest BCUT2D eigenvalue weighted by Gasteiger charge is 2.13. The van der Waals surface area contributed by atoms with Crippen LogP contribution in [0.4, 0.5) is 0 Å². The third-order valence-electron chi connectivity index (χ3n) is 2.89. The van der Waals surface area contributed by atoms with Gasteiger partial charge in [0.15, 0.2) is 0 Å². The third kappa shape index (κ3) is 4.39. The van der Waals surface area contributed by atoms with E-state index in [-0.39, 0.29) is 5.91 Å². The minimum absolute atomic E-state index is 0.162. The molecule has 2 heterocycles. The van der Waals surface area contributed by atoms with Gasteiger partial charge in [-0.05, 0) is 42.7 Å². The van der Waals surface area contributed by atoms with E-state index in [1.54, 1.807) is 24.5 Å². The van der Waals surface area contributed by atoms with Gasteiger partial charge < -0.3 is 10.1 Å². The average Bonchev–Trinajstić information content (AvgIpc) is 3.01. The van der Waals surface area contributed by atoms with Crippen molar-refractivity contribution in [3.8, 4) is 0 Å². The van der Waals surface area contributed by atoms with Crippen LogP contribution in [0.1, 0.15) is 31.3 Å². The summed E-state index contributed by atoms with van der Waals surface area (Å²) in [6, 6.07) is 7.16. The van der Waals surface area contributed by atoms with Crippen LogP contribution in [-0.2, 0) is 11.2 Å². The van der Waals surface area contributed by atoms with Gasteiger partial charge in [0.25, 0.3) is 5.91 Å². The smallest absolute Gasteiger partial charge is 0.348 e. The Balaban J connectivity index is 1.77. The number of aryl methyl sites for hydroxylation is 1. The number of carbonyl (C=O) groups excluding carboxylic acids is 2. The zero-order valence-electron chi connectivity index (χ0n) is 11.7. The van der Waals surface area contributed by atoms with Crippen LogP contribution < -0.4 is 5.32 Å². The van der Waals surface area contributed by atoms with Gasteiger partial charge in [-0.2, -0.15) is 0 Å². The lowest BCUT2D eigenvalue weighted by Gasteiger charge is -2.03. The number of thiophene rings is 1. The molecular weight excluding hydrogens is 288 g/mol. The van der Waals surface area contributed by atoms with Crippen molar-refractivity contribution in [1.29, 1.82) is 0 Å². The van der Waals surface area contributed by atoms with E-state index in [4.69, 9.17) is 0 Å². The van der Waals surface area contributed by atoms with E-state index < -0.39 is 5.97 Å². The van der Waals surface area contributed by atoms with E-state index in [1.165, 1.54) is 12.7 Å². The molecule has 0 saturated carbocycles. The molecule has 0 bridgehead atoms. The number of esters is 1. The fraction of sp³-hybridized carbons (Fsp3) is 0.267. The Hall–Kier alpha value is -2.21. The topological polar surface area (TPSA) is 68.3 Å². The number of nitrogens with one attached hydrogen (secondary N) is 1. The molecule has 6 heteroatoms. The van der Waals surface area contributed by atoms with Crippen molar-refractivity contribution in [3.63, 3.8) is 0 Å². The Labute approximate surface area is 127 Å². The van der Waals surface area contributed by atoms with E-state index in [0.29, 0.717) is 16.3 Å². The average molecular weight is 304 g/mol. The maximum Gasteiger partial charge on any atom is 0.348 e. The summed E-state index contributed by atoms with van der Waals surface area (Å²) in [5.41, 5.74) is 1.20. The van der Waals surface area contributed by atoms with E-state index in [1.807, 2.05) is 12.1 Å². The van der Waals surface area contributed by atoms with E-state index >= 15 is 0 Å². The second kappa shape index (κ2) is 7.54. The maximum absolute atomic E-state index is 11.9. The Morgan fingerprint density at radius 1 is 1.19 bits per heavy atom. The Morgan fingerprint density at radius 2 is 1.90 bits per heavy atom. The standard InChI is InChI=1S/C15H16N2O3S/c1-20-15(19)13-5-4-12(21-13)14(18)17-8-2-3-11-6-9-16-10-7-11/h4-7,9-10H,2-3,8H2,1H3,(H,17,18). The van der Waals surface area contributed by atoms with Crippen LogP contribution >= 0.6 is 11.3 Å². The highest BCUT2D eigenvalue weighted by Crippen LogP contribution is 2.17. The summed E-state index contributed by atoms with van der Waals surface area (Å²) in [5, 5.41) is 2.84. The van der Waals surface area contributed by atoms with E-state index in [0.717, 1.165) is 24.2 Å². The van der Waals surface area contributed by atoms with Crippen LogP contribution in [0.2, 0.25) is 0 Å². The molecule has 110 valence electrons. The molecule has 0 unspecified atom stereocenters. The molecule has 2 aromatic heterocycles. The molecule has 1 amide bonds. The zero-order chi connectivity index (χ0) is 15.1. The van der Waals surface area contributed by atoms with Crippen LogP contribution in [0.3, 0.4) is 0 Å². The molecule has 2 aromatic rings.